The summed E-state index contributed by atoms with van der Waals surface area (Å²) in [6.45, 7) is 4.12. The lowest BCUT2D eigenvalue weighted by Gasteiger charge is -2.15. The molecular formula is C25H21BrN2O. The van der Waals surface area contributed by atoms with E-state index in [4.69, 9.17) is 4.98 Å². The molecule has 0 bridgehead atoms. The molecule has 144 valence electrons. The number of hydrogen-bond donors (Lipinski definition) is 1. The minimum Gasteiger partial charge on any atom is -0.321 e. The van der Waals surface area contributed by atoms with Crippen LogP contribution in [0, 0.1) is 6.92 Å². The molecule has 4 rings (SSSR count). The number of para-hydroxylation sites is 2. The monoisotopic (exact) mass is 444 g/mol. The van der Waals surface area contributed by atoms with Gasteiger partial charge in [0.05, 0.1) is 16.8 Å². The first-order valence-corrected chi connectivity index (χ1v) is 10.4. The van der Waals surface area contributed by atoms with Crippen LogP contribution in [0.3, 0.4) is 0 Å². The molecule has 1 amide bonds. The van der Waals surface area contributed by atoms with Gasteiger partial charge in [0.1, 0.15) is 0 Å². The van der Waals surface area contributed by atoms with Crippen molar-refractivity contribution in [1.82, 2.24) is 4.98 Å². The Morgan fingerprint density at radius 1 is 1.00 bits per heavy atom. The minimum absolute atomic E-state index is 0.119. The predicted octanol–water partition coefficient (Wildman–Crippen LogP) is 6.79. The van der Waals surface area contributed by atoms with Crippen LogP contribution in [0.25, 0.3) is 22.2 Å². The molecule has 0 saturated carbocycles. The summed E-state index contributed by atoms with van der Waals surface area (Å²) < 4.78 is 1.01. The molecule has 29 heavy (non-hydrogen) atoms. The van der Waals surface area contributed by atoms with E-state index < -0.39 is 0 Å². The highest BCUT2D eigenvalue weighted by Gasteiger charge is 2.16. The number of nitrogens with one attached hydrogen (secondary N) is 1. The van der Waals surface area contributed by atoms with Crippen LogP contribution in [0.2, 0.25) is 0 Å². The summed E-state index contributed by atoms with van der Waals surface area (Å²) in [5, 5.41) is 4.00. The number of benzene rings is 3. The Bertz CT molecular complexity index is 1200. The molecule has 1 N–H and O–H groups in total. The standard InChI is InChI=1S/C25H21BrN2O/c1-3-17-8-6-7-16(2)24(17)28-25(29)21-15-23(18-11-13-19(26)14-12-18)27-22-10-5-4-9-20(21)22/h4-15H,3H2,1-2H3,(H,28,29). The number of hydrogen-bond acceptors (Lipinski definition) is 2. The molecular weight excluding hydrogens is 424 g/mol. The van der Waals surface area contributed by atoms with Crippen molar-refractivity contribution in [2.75, 3.05) is 5.32 Å². The first kappa shape index (κ1) is 19.3. The molecule has 0 saturated heterocycles. The van der Waals surface area contributed by atoms with Crippen LogP contribution in [0.1, 0.15) is 28.4 Å². The molecule has 0 radical (unpaired) electrons. The topological polar surface area (TPSA) is 42.0 Å². The van der Waals surface area contributed by atoms with E-state index in [1.54, 1.807) is 0 Å². The van der Waals surface area contributed by atoms with E-state index in [-0.39, 0.29) is 5.91 Å². The number of carbonyl (C=O) groups is 1. The van der Waals surface area contributed by atoms with Crippen molar-refractivity contribution < 1.29 is 4.79 Å². The zero-order valence-electron chi connectivity index (χ0n) is 16.4. The van der Waals surface area contributed by atoms with Crippen LogP contribution in [0.4, 0.5) is 5.69 Å². The fourth-order valence-electron chi connectivity index (χ4n) is 3.51. The first-order chi connectivity index (χ1) is 14.1. The summed E-state index contributed by atoms with van der Waals surface area (Å²) in [5.41, 5.74) is 6.26. The van der Waals surface area contributed by atoms with Crippen LogP contribution < -0.4 is 5.32 Å². The third kappa shape index (κ3) is 3.94. The summed E-state index contributed by atoms with van der Waals surface area (Å²) in [6, 6.07) is 23.7. The van der Waals surface area contributed by atoms with E-state index in [9.17, 15) is 4.79 Å². The van der Waals surface area contributed by atoms with E-state index in [0.717, 1.165) is 49.9 Å². The first-order valence-electron chi connectivity index (χ1n) is 9.62. The Balaban J connectivity index is 1.82. The van der Waals surface area contributed by atoms with Gasteiger partial charge < -0.3 is 5.32 Å². The van der Waals surface area contributed by atoms with E-state index >= 15 is 0 Å². The van der Waals surface area contributed by atoms with Crippen molar-refractivity contribution in [2.24, 2.45) is 0 Å². The van der Waals surface area contributed by atoms with Gasteiger partial charge in [-0.25, -0.2) is 4.98 Å². The van der Waals surface area contributed by atoms with Crippen molar-refractivity contribution in [3.05, 3.63) is 94.0 Å². The molecule has 0 aliphatic carbocycles. The van der Waals surface area contributed by atoms with Crippen LogP contribution in [-0.4, -0.2) is 10.9 Å². The molecule has 1 aromatic heterocycles. The molecule has 3 aromatic carbocycles. The number of carbonyl (C=O) groups excluding carboxylic acids is 1. The number of fused-ring (bicyclic) bond motifs is 1. The van der Waals surface area contributed by atoms with E-state index in [0.29, 0.717) is 5.56 Å². The highest BCUT2D eigenvalue weighted by molar-refractivity contribution is 9.10. The summed E-state index contributed by atoms with van der Waals surface area (Å²) in [6.07, 6.45) is 0.860. The maximum atomic E-state index is 13.3. The van der Waals surface area contributed by atoms with Crippen LogP contribution in [0.5, 0.6) is 0 Å². The van der Waals surface area contributed by atoms with Gasteiger partial charge in [-0.2, -0.15) is 0 Å². The van der Waals surface area contributed by atoms with E-state index in [1.165, 1.54) is 0 Å². The van der Waals surface area contributed by atoms with Gasteiger partial charge in [0.25, 0.3) is 5.91 Å². The molecule has 0 aliphatic heterocycles. The summed E-state index contributed by atoms with van der Waals surface area (Å²) in [7, 11) is 0. The zero-order valence-corrected chi connectivity index (χ0v) is 18.0. The maximum Gasteiger partial charge on any atom is 0.256 e. The van der Waals surface area contributed by atoms with Gasteiger partial charge in [-0.3, -0.25) is 4.79 Å². The smallest absolute Gasteiger partial charge is 0.256 e. The van der Waals surface area contributed by atoms with Crippen molar-refractivity contribution in [3.63, 3.8) is 0 Å². The molecule has 0 unspecified atom stereocenters. The fraction of sp³-hybridized carbons (Fsp3) is 0.120. The van der Waals surface area contributed by atoms with Crippen LogP contribution in [-0.2, 0) is 6.42 Å². The lowest BCUT2D eigenvalue weighted by Crippen LogP contribution is -2.15. The van der Waals surface area contributed by atoms with Gasteiger partial charge in [0, 0.05) is 21.1 Å². The number of aryl methyl sites for hydroxylation is 2. The van der Waals surface area contributed by atoms with Crippen LogP contribution in [0.15, 0.2) is 77.3 Å². The Hall–Kier alpha value is -2.98. The van der Waals surface area contributed by atoms with Crippen LogP contribution >= 0.6 is 15.9 Å². The molecule has 0 aliphatic rings. The molecule has 0 atom stereocenters. The van der Waals surface area contributed by atoms with Gasteiger partial charge in [-0.05, 0) is 48.7 Å². The molecule has 0 spiro atoms. The van der Waals surface area contributed by atoms with E-state index in [1.807, 2.05) is 73.7 Å². The van der Waals surface area contributed by atoms with Crippen molar-refractivity contribution in [1.29, 1.82) is 0 Å². The summed E-state index contributed by atoms with van der Waals surface area (Å²) in [4.78, 5) is 18.1. The largest absolute Gasteiger partial charge is 0.321 e. The van der Waals surface area contributed by atoms with Gasteiger partial charge in [-0.15, -0.1) is 0 Å². The van der Waals surface area contributed by atoms with Gasteiger partial charge >= 0.3 is 0 Å². The molecule has 4 aromatic rings. The van der Waals surface area contributed by atoms with Gasteiger partial charge in [0.15, 0.2) is 0 Å². The quantitative estimate of drug-likeness (QED) is 0.376. The number of halogens is 1. The minimum atomic E-state index is -0.119. The lowest BCUT2D eigenvalue weighted by atomic mass is 10.0. The number of nitrogens with zero attached hydrogens (tertiary/aromatic N) is 1. The highest BCUT2D eigenvalue weighted by Crippen LogP contribution is 2.28. The molecule has 1 heterocycles. The average Bonchev–Trinajstić information content (AvgIpc) is 2.74. The fourth-order valence-corrected chi connectivity index (χ4v) is 3.78. The normalized spacial score (nSPS) is 10.9. The van der Waals surface area contributed by atoms with Gasteiger partial charge in [-0.1, -0.05) is 71.4 Å². The SMILES string of the molecule is CCc1cccc(C)c1NC(=O)c1cc(-c2ccc(Br)cc2)nc2ccccc12. The number of amides is 1. The maximum absolute atomic E-state index is 13.3. The second-order valence-electron chi connectivity index (χ2n) is 7.00. The third-order valence-electron chi connectivity index (χ3n) is 5.08. The molecule has 4 heteroatoms. The molecule has 0 fully saturated rings. The summed E-state index contributed by atoms with van der Waals surface area (Å²) >= 11 is 3.47. The number of aromatic nitrogens is 1. The Labute approximate surface area is 178 Å². The second kappa shape index (κ2) is 8.18. The number of rotatable bonds is 4. The number of pyridine rings is 1. The van der Waals surface area contributed by atoms with E-state index in [2.05, 4.69) is 34.2 Å². The average molecular weight is 445 g/mol. The Morgan fingerprint density at radius 3 is 2.52 bits per heavy atom. The molecule has 3 nitrogen and oxygen atoms in total. The zero-order chi connectivity index (χ0) is 20.4. The van der Waals surface area contributed by atoms with Crippen molar-refractivity contribution in [3.8, 4) is 11.3 Å². The third-order valence-corrected chi connectivity index (χ3v) is 5.61. The summed E-state index contributed by atoms with van der Waals surface area (Å²) in [5.74, 6) is -0.119. The Morgan fingerprint density at radius 2 is 1.76 bits per heavy atom. The second-order valence-corrected chi connectivity index (χ2v) is 7.91. The van der Waals surface area contributed by atoms with Crippen molar-refractivity contribution >= 4 is 38.4 Å². The van der Waals surface area contributed by atoms with Crippen molar-refractivity contribution in [2.45, 2.75) is 20.3 Å². The predicted molar refractivity (Wildman–Crippen MR) is 123 cm³/mol. The number of anilines is 1. The highest BCUT2D eigenvalue weighted by atomic mass is 79.9. The lowest BCUT2D eigenvalue weighted by molar-refractivity contribution is 0.102. The Kier molecular flexibility index (Phi) is 5.45. The van der Waals surface area contributed by atoms with Gasteiger partial charge in [0.2, 0.25) is 0 Å².